The van der Waals surface area contributed by atoms with Crippen molar-refractivity contribution in [2.45, 2.75) is 19.8 Å². The van der Waals surface area contributed by atoms with E-state index in [0.717, 1.165) is 0 Å². The summed E-state index contributed by atoms with van der Waals surface area (Å²) >= 11 is 0. The van der Waals surface area contributed by atoms with Crippen LogP contribution in [0.2, 0.25) is 0 Å². The van der Waals surface area contributed by atoms with Gasteiger partial charge in [0.25, 0.3) is 0 Å². The molecule has 1 heterocycles. The Morgan fingerprint density at radius 1 is 0.900 bits per heavy atom. The van der Waals surface area contributed by atoms with Crippen molar-refractivity contribution in [2.75, 3.05) is 47.7 Å². The summed E-state index contributed by atoms with van der Waals surface area (Å²) in [6.45, 7) is 5.55. The lowest BCUT2D eigenvalue weighted by atomic mass is 9.83. The predicted molar refractivity (Wildman–Crippen MR) is 110 cm³/mol. The van der Waals surface area contributed by atoms with Crippen LogP contribution in [0.5, 0.6) is 11.5 Å². The van der Waals surface area contributed by atoms with Gasteiger partial charge in [0.2, 0.25) is 0 Å². The SMILES string of the molecule is CCOc1ccc(C2C(C(=O)OC)=CN(CCOC)C=C2C(=O)OC)cc1OCC. The van der Waals surface area contributed by atoms with Crippen LogP contribution in [0.3, 0.4) is 0 Å². The molecule has 0 saturated heterocycles. The number of carbonyl (C=O) groups is 2. The lowest BCUT2D eigenvalue weighted by molar-refractivity contribution is -0.137. The van der Waals surface area contributed by atoms with Crippen molar-refractivity contribution in [3.05, 3.63) is 47.3 Å². The molecular formula is C22H29NO7. The molecule has 0 amide bonds. The molecule has 1 aliphatic rings. The van der Waals surface area contributed by atoms with Crippen LogP contribution in [-0.4, -0.2) is 64.5 Å². The van der Waals surface area contributed by atoms with Crippen molar-refractivity contribution < 1.29 is 33.3 Å². The van der Waals surface area contributed by atoms with Gasteiger partial charge in [-0.25, -0.2) is 9.59 Å². The van der Waals surface area contributed by atoms with Crippen molar-refractivity contribution in [3.63, 3.8) is 0 Å². The molecule has 8 nitrogen and oxygen atoms in total. The van der Waals surface area contributed by atoms with E-state index >= 15 is 0 Å². The van der Waals surface area contributed by atoms with E-state index in [1.165, 1.54) is 14.2 Å². The van der Waals surface area contributed by atoms with E-state index in [0.29, 0.717) is 54.6 Å². The second-order valence-corrected chi connectivity index (χ2v) is 6.39. The minimum atomic E-state index is -0.682. The largest absolute Gasteiger partial charge is 0.490 e. The molecule has 1 aromatic rings. The van der Waals surface area contributed by atoms with Gasteiger partial charge < -0.3 is 28.6 Å². The number of ether oxygens (including phenoxy) is 5. The van der Waals surface area contributed by atoms with Crippen molar-refractivity contribution in [3.8, 4) is 11.5 Å². The van der Waals surface area contributed by atoms with Gasteiger partial charge in [0.15, 0.2) is 11.5 Å². The number of rotatable bonds is 10. The third-order valence-corrected chi connectivity index (χ3v) is 4.53. The molecule has 0 aromatic heterocycles. The van der Waals surface area contributed by atoms with Gasteiger partial charge in [-0.3, -0.25) is 0 Å². The van der Waals surface area contributed by atoms with Crippen LogP contribution in [0.1, 0.15) is 25.3 Å². The highest BCUT2D eigenvalue weighted by Gasteiger charge is 2.35. The normalized spacial score (nSPS) is 14.0. The molecular weight excluding hydrogens is 390 g/mol. The topological polar surface area (TPSA) is 83.5 Å². The summed E-state index contributed by atoms with van der Waals surface area (Å²) in [6.07, 6.45) is 3.33. The number of benzene rings is 1. The van der Waals surface area contributed by atoms with E-state index in [1.807, 2.05) is 13.8 Å². The molecule has 0 unspecified atom stereocenters. The molecule has 1 aromatic carbocycles. The highest BCUT2D eigenvalue weighted by molar-refractivity contribution is 5.98. The summed E-state index contributed by atoms with van der Waals surface area (Å²) in [5, 5.41) is 0. The van der Waals surface area contributed by atoms with Crippen molar-refractivity contribution in [1.29, 1.82) is 0 Å². The van der Waals surface area contributed by atoms with Crippen molar-refractivity contribution >= 4 is 11.9 Å². The average Bonchev–Trinajstić information content (AvgIpc) is 2.77. The van der Waals surface area contributed by atoms with Gasteiger partial charge in [-0.15, -0.1) is 0 Å². The molecule has 0 atom stereocenters. The number of methoxy groups -OCH3 is 3. The Hall–Kier alpha value is -3.00. The van der Waals surface area contributed by atoms with Crippen LogP contribution in [0, 0.1) is 0 Å². The van der Waals surface area contributed by atoms with Crippen molar-refractivity contribution in [2.24, 2.45) is 0 Å². The average molecular weight is 419 g/mol. The fourth-order valence-corrected chi connectivity index (χ4v) is 3.22. The fraction of sp³-hybridized carbons (Fsp3) is 0.455. The Labute approximate surface area is 177 Å². The molecule has 2 rings (SSSR count). The van der Waals surface area contributed by atoms with Gasteiger partial charge >= 0.3 is 11.9 Å². The van der Waals surface area contributed by atoms with Crippen LogP contribution in [0.4, 0.5) is 0 Å². The zero-order valence-corrected chi connectivity index (χ0v) is 18.1. The van der Waals surface area contributed by atoms with Crippen LogP contribution in [0.15, 0.2) is 41.7 Å². The van der Waals surface area contributed by atoms with Gasteiger partial charge in [0, 0.05) is 26.1 Å². The summed E-state index contributed by atoms with van der Waals surface area (Å²) in [6, 6.07) is 5.35. The standard InChI is InChI=1S/C22H29NO7/c1-6-29-18-9-8-15(12-19(18)30-7-2)20-16(21(24)27-4)13-23(10-11-26-3)14-17(20)22(25)28-5/h8-9,12-14,20H,6-7,10-11H2,1-5H3. The zero-order valence-electron chi connectivity index (χ0n) is 18.1. The molecule has 0 N–H and O–H groups in total. The van der Waals surface area contributed by atoms with Gasteiger partial charge in [-0.2, -0.15) is 0 Å². The van der Waals surface area contributed by atoms with E-state index in [2.05, 4.69) is 0 Å². The molecule has 0 radical (unpaired) electrons. The van der Waals surface area contributed by atoms with E-state index in [9.17, 15) is 9.59 Å². The lowest BCUT2D eigenvalue weighted by Gasteiger charge is -2.30. The molecule has 0 saturated carbocycles. The maximum atomic E-state index is 12.6. The van der Waals surface area contributed by atoms with Crippen LogP contribution < -0.4 is 9.47 Å². The minimum absolute atomic E-state index is 0.308. The zero-order chi connectivity index (χ0) is 22.1. The molecule has 30 heavy (non-hydrogen) atoms. The molecule has 0 fully saturated rings. The Bertz CT molecular complexity index is 782. The first-order valence-electron chi connectivity index (χ1n) is 9.74. The van der Waals surface area contributed by atoms with Crippen LogP contribution in [-0.2, 0) is 23.8 Å². The molecule has 1 aliphatic heterocycles. The van der Waals surface area contributed by atoms with Gasteiger partial charge in [0.05, 0.1) is 51.1 Å². The second kappa shape index (κ2) is 11.3. The number of hydrogen-bond acceptors (Lipinski definition) is 8. The number of hydrogen-bond donors (Lipinski definition) is 0. The lowest BCUT2D eigenvalue weighted by Crippen LogP contribution is -2.30. The molecule has 8 heteroatoms. The van der Waals surface area contributed by atoms with Crippen LogP contribution >= 0.6 is 0 Å². The Morgan fingerprint density at radius 3 is 1.97 bits per heavy atom. The Balaban J connectivity index is 2.59. The molecule has 164 valence electrons. The Kier molecular flexibility index (Phi) is 8.73. The highest BCUT2D eigenvalue weighted by atomic mass is 16.5. The van der Waals surface area contributed by atoms with E-state index in [4.69, 9.17) is 23.7 Å². The third-order valence-electron chi connectivity index (χ3n) is 4.53. The van der Waals surface area contributed by atoms with E-state index in [1.54, 1.807) is 42.6 Å². The molecule has 0 bridgehead atoms. The van der Waals surface area contributed by atoms with E-state index < -0.39 is 17.9 Å². The summed E-state index contributed by atoms with van der Waals surface area (Å²) in [5.41, 5.74) is 1.30. The fourth-order valence-electron chi connectivity index (χ4n) is 3.22. The van der Waals surface area contributed by atoms with Gasteiger partial charge in [-0.1, -0.05) is 6.07 Å². The summed E-state index contributed by atoms with van der Waals surface area (Å²) < 4.78 is 26.4. The summed E-state index contributed by atoms with van der Waals surface area (Å²) in [7, 11) is 4.19. The van der Waals surface area contributed by atoms with Crippen LogP contribution in [0.25, 0.3) is 0 Å². The number of carbonyl (C=O) groups excluding carboxylic acids is 2. The van der Waals surface area contributed by atoms with Crippen molar-refractivity contribution in [1.82, 2.24) is 4.90 Å². The molecule has 0 aliphatic carbocycles. The van der Waals surface area contributed by atoms with Gasteiger partial charge in [-0.05, 0) is 31.5 Å². The third kappa shape index (κ3) is 5.33. The summed E-state index contributed by atoms with van der Waals surface area (Å²) in [4.78, 5) is 27.0. The van der Waals surface area contributed by atoms with Gasteiger partial charge in [0.1, 0.15) is 0 Å². The molecule has 0 spiro atoms. The van der Waals surface area contributed by atoms with E-state index in [-0.39, 0.29) is 0 Å². The first-order chi connectivity index (χ1) is 14.5. The maximum Gasteiger partial charge on any atom is 0.336 e. The monoisotopic (exact) mass is 419 g/mol. The quantitative estimate of drug-likeness (QED) is 0.535. The first kappa shape index (κ1) is 23.3. The first-order valence-corrected chi connectivity index (χ1v) is 9.74. The Morgan fingerprint density at radius 2 is 1.47 bits per heavy atom. The minimum Gasteiger partial charge on any atom is -0.490 e. The maximum absolute atomic E-state index is 12.6. The second-order valence-electron chi connectivity index (χ2n) is 6.39. The summed E-state index contributed by atoms with van der Waals surface area (Å²) in [5.74, 6) is -0.633. The number of nitrogens with zero attached hydrogens (tertiary/aromatic N) is 1. The highest BCUT2D eigenvalue weighted by Crippen LogP contribution is 2.40. The number of esters is 2. The smallest absolute Gasteiger partial charge is 0.336 e. The predicted octanol–water partition coefficient (Wildman–Crippen LogP) is 2.64.